The predicted molar refractivity (Wildman–Crippen MR) is 75.3 cm³/mol. The Labute approximate surface area is 117 Å². The fraction of sp³-hybridized carbons (Fsp3) is 0.462. The molecule has 0 aromatic carbocycles. The van der Waals surface area contributed by atoms with Gasteiger partial charge in [-0.15, -0.1) is 5.10 Å². The smallest absolute Gasteiger partial charge is 0.137 e. The summed E-state index contributed by atoms with van der Waals surface area (Å²) in [4.78, 5) is 5.18. The Kier molecular flexibility index (Phi) is 4.81. The molecule has 6 heteroatoms. The van der Waals surface area contributed by atoms with E-state index in [1.165, 1.54) is 11.5 Å². The second-order valence-corrected chi connectivity index (χ2v) is 5.00. The molecule has 19 heavy (non-hydrogen) atoms. The average Bonchev–Trinajstić information content (AvgIpc) is 2.93. The third-order valence-corrected chi connectivity index (χ3v) is 3.62. The number of nitrogens with two attached hydrogens (primary N) is 1. The van der Waals surface area contributed by atoms with Crippen LogP contribution in [-0.4, -0.2) is 21.2 Å². The lowest BCUT2D eigenvalue weighted by Gasteiger charge is -2.12. The SMILES string of the molecule is CCCOc1cncc(C(N)c2snnc2CC)c1. The molecule has 2 aromatic rings. The molecule has 1 atom stereocenters. The molecule has 2 aromatic heterocycles. The molecule has 0 amide bonds. The maximum absolute atomic E-state index is 6.27. The van der Waals surface area contributed by atoms with Crippen molar-refractivity contribution >= 4 is 11.5 Å². The van der Waals surface area contributed by atoms with Crippen LogP contribution in [0.4, 0.5) is 0 Å². The fourth-order valence-electron chi connectivity index (χ4n) is 1.75. The molecule has 0 radical (unpaired) electrons. The number of nitrogens with zero attached hydrogens (tertiary/aromatic N) is 3. The quantitative estimate of drug-likeness (QED) is 0.878. The molecular weight excluding hydrogens is 260 g/mol. The minimum Gasteiger partial charge on any atom is -0.492 e. The lowest BCUT2D eigenvalue weighted by molar-refractivity contribution is 0.315. The molecule has 0 saturated heterocycles. The lowest BCUT2D eigenvalue weighted by Crippen LogP contribution is -2.13. The summed E-state index contributed by atoms with van der Waals surface area (Å²) in [5.41, 5.74) is 8.15. The Morgan fingerprint density at radius 3 is 2.95 bits per heavy atom. The molecule has 0 fully saturated rings. The maximum Gasteiger partial charge on any atom is 0.137 e. The zero-order chi connectivity index (χ0) is 13.7. The Morgan fingerprint density at radius 1 is 1.37 bits per heavy atom. The number of pyridine rings is 1. The molecule has 0 aliphatic rings. The van der Waals surface area contributed by atoms with Crippen LogP contribution in [0, 0.1) is 0 Å². The zero-order valence-electron chi connectivity index (χ0n) is 11.2. The highest BCUT2D eigenvalue weighted by Crippen LogP contribution is 2.26. The van der Waals surface area contributed by atoms with Gasteiger partial charge in [-0.05, 0) is 36.0 Å². The Hall–Kier alpha value is -1.53. The summed E-state index contributed by atoms with van der Waals surface area (Å²) in [6.07, 6.45) is 5.27. The molecule has 0 aliphatic carbocycles. The Bertz CT molecular complexity index is 529. The van der Waals surface area contributed by atoms with Crippen molar-refractivity contribution in [1.29, 1.82) is 0 Å². The third-order valence-electron chi connectivity index (χ3n) is 2.77. The first-order chi connectivity index (χ1) is 9.26. The molecule has 0 spiro atoms. The van der Waals surface area contributed by atoms with E-state index in [9.17, 15) is 0 Å². The fourth-order valence-corrected chi connectivity index (χ4v) is 2.52. The van der Waals surface area contributed by atoms with Gasteiger partial charge < -0.3 is 10.5 Å². The largest absolute Gasteiger partial charge is 0.492 e. The molecule has 0 aliphatic heterocycles. The summed E-state index contributed by atoms with van der Waals surface area (Å²) in [7, 11) is 0. The third kappa shape index (κ3) is 3.27. The molecule has 0 saturated carbocycles. The van der Waals surface area contributed by atoms with Crippen molar-refractivity contribution in [2.45, 2.75) is 32.7 Å². The predicted octanol–water partition coefficient (Wildman–Crippen LogP) is 2.33. The first kappa shape index (κ1) is 13.9. The van der Waals surface area contributed by atoms with Gasteiger partial charge in [0, 0.05) is 6.20 Å². The van der Waals surface area contributed by atoms with Gasteiger partial charge in [0.05, 0.1) is 29.4 Å². The monoisotopic (exact) mass is 278 g/mol. The van der Waals surface area contributed by atoms with Gasteiger partial charge in [0.25, 0.3) is 0 Å². The van der Waals surface area contributed by atoms with Crippen LogP contribution in [0.15, 0.2) is 18.5 Å². The van der Waals surface area contributed by atoms with E-state index in [0.29, 0.717) is 6.61 Å². The summed E-state index contributed by atoms with van der Waals surface area (Å²) < 4.78 is 9.55. The van der Waals surface area contributed by atoms with Crippen molar-refractivity contribution in [1.82, 2.24) is 14.6 Å². The summed E-state index contributed by atoms with van der Waals surface area (Å²) >= 11 is 1.35. The normalized spacial score (nSPS) is 12.4. The molecule has 1 unspecified atom stereocenters. The van der Waals surface area contributed by atoms with Gasteiger partial charge in [-0.3, -0.25) is 4.98 Å². The molecular formula is C13H18N4OS. The van der Waals surface area contributed by atoms with E-state index in [1.54, 1.807) is 12.4 Å². The van der Waals surface area contributed by atoms with Crippen LogP contribution >= 0.6 is 11.5 Å². The highest BCUT2D eigenvalue weighted by atomic mass is 32.1. The standard InChI is InChI=1S/C13H18N4OS/c1-3-5-18-10-6-9(7-15-8-10)12(14)13-11(4-2)16-17-19-13/h6-8,12H,3-5,14H2,1-2H3. The minimum absolute atomic E-state index is 0.243. The van der Waals surface area contributed by atoms with E-state index in [2.05, 4.69) is 21.5 Å². The van der Waals surface area contributed by atoms with E-state index in [1.807, 2.05) is 13.0 Å². The van der Waals surface area contributed by atoms with Crippen molar-refractivity contribution in [2.75, 3.05) is 6.61 Å². The number of hydrogen-bond acceptors (Lipinski definition) is 6. The lowest BCUT2D eigenvalue weighted by atomic mass is 10.1. The number of aromatic nitrogens is 3. The zero-order valence-corrected chi connectivity index (χ0v) is 12.0. The van der Waals surface area contributed by atoms with E-state index in [0.717, 1.165) is 34.7 Å². The summed E-state index contributed by atoms with van der Waals surface area (Å²) in [6.45, 7) is 4.80. The van der Waals surface area contributed by atoms with Gasteiger partial charge >= 0.3 is 0 Å². The van der Waals surface area contributed by atoms with E-state index < -0.39 is 0 Å². The van der Waals surface area contributed by atoms with E-state index in [4.69, 9.17) is 10.5 Å². The maximum atomic E-state index is 6.27. The van der Waals surface area contributed by atoms with Crippen molar-refractivity contribution in [3.8, 4) is 5.75 Å². The number of hydrogen-bond donors (Lipinski definition) is 1. The van der Waals surface area contributed by atoms with Gasteiger partial charge in [0.1, 0.15) is 5.75 Å². The van der Waals surface area contributed by atoms with Crippen molar-refractivity contribution in [2.24, 2.45) is 5.73 Å². The van der Waals surface area contributed by atoms with Gasteiger partial charge in [0.2, 0.25) is 0 Å². The van der Waals surface area contributed by atoms with Crippen LogP contribution in [0.3, 0.4) is 0 Å². The van der Waals surface area contributed by atoms with Crippen LogP contribution in [0.25, 0.3) is 0 Å². The van der Waals surface area contributed by atoms with Crippen LogP contribution in [-0.2, 0) is 6.42 Å². The van der Waals surface area contributed by atoms with E-state index in [-0.39, 0.29) is 6.04 Å². The van der Waals surface area contributed by atoms with Crippen LogP contribution in [0.5, 0.6) is 5.75 Å². The minimum atomic E-state index is -0.243. The highest BCUT2D eigenvalue weighted by molar-refractivity contribution is 7.05. The second kappa shape index (κ2) is 6.58. The number of aryl methyl sites for hydroxylation is 1. The summed E-state index contributed by atoms with van der Waals surface area (Å²) in [6, 6.07) is 1.69. The Balaban J connectivity index is 2.21. The summed E-state index contributed by atoms with van der Waals surface area (Å²) in [5, 5.41) is 4.09. The van der Waals surface area contributed by atoms with Crippen molar-refractivity contribution < 1.29 is 4.74 Å². The van der Waals surface area contributed by atoms with Gasteiger partial charge in [-0.2, -0.15) is 0 Å². The molecule has 5 nitrogen and oxygen atoms in total. The van der Waals surface area contributed by atoms with Crippen molar-refractivity contribution in [3.63, 3.8) is 0 Å². The molecule has 2 rings (SSSR count). The van der Waals surface area contributed by atoms with Gasteiger partial charge in [-0.25, -0.2) is 0 Å². The molecule has 102 valence electrons. The molecule has 2 N–H and O–H groups in total. The second-order valence-electron chi connectivity index (χ2n) is 4.22. The topological polar surface area (TPSA) is 73.9 Å². The van der Waals surface area contributed by atoms with Crippen LogP contribution < -0.4 is 10.5 Å². The molecule has 2 heterocycles. The Morgan fingerprint density at radius 2 is 2.21 bits per heavy atom. The van der Waals surface area contributed by atoms with Crippen LogP contribution in [0.1, 0.15) is 42.4 Å². The van der Waals surface area contributed by atoms with Crippen molar-refractivity contribution in [3.05, 3.63) is 34.6 Å². The average molecular weight is 278 g/mol. The van der Waals surface area contributed by atoms with E-state index >= 15 is 0 Å². The van der Waals surface area contributed by atoms with Gasteiger partial charge in [-0.1, -0.05) is 18.3 Å². The first-order valence-corrected chi connectivity index (χ1v) is 7.18. The number of rotatable bonds is 6. The molecule has 0 bridgehead atoms. The highest BCUT2D eigenvalue weighted by Gasteiger charge is 2.17. The first-order valence-electron chi connectivity index (χ1n) is 6.40. The summed E-state index contributed by atoms with van der Waals surface area (Å²) in [5.74, 6) is 0.755. The van der Waals surface area contributed by atoms with Crippen LogP contribution in [0.2, 0.25) is 0 Å². The number of ether oxygens (including phenoxy) is 1. The van der Waals surface area contributed by atoms with Gasteiger partial charge in [0.15, 0.2) is 0 Å².